The standard InChI is InChI=1S/C34H28P2.B2/c1-26(35(29-18-4-2-5-19-29)33-24-12-16-27-14-8-10-22-31(27)33)36(30-20-6-3-7-21-30)34-25-13-17-28-15-9-11-23-32(28)34;1-2/h2-26H,1H3;. The van der Waals surface area contributed by atoms with E-state index in [0.717, 1.165) is 0 Å². The van der Waals surface area contributed by atoms with E-state index < -0.39 is 15.8 Å². The summed E-state index contributed by atoms with van der Waals surface area (Å²) in [5, 5.41) is 11.7. The summed E-state index contributed by atoms with van der Waals surface area (Å²) in [4.78, 5) is 0. The highest BCUT2D eigenvalue weighted by Gasteiger charge is 2.32. The Morgan fingerprint density at radius 1 is 0.421 bits per heavy atom. The molecule has 0 fully saturated rings. The molecule has 0 aliphatic heterocycles. The first-order valence-electron chi connectivity index (χ1n) is 12.8. The Morgan fingerprint density at radius 3 is 1.18 bits per heavy atom. The molecule has 0 aliphatic carbocycles. The first-order valence-corrected chi connectivity index (χ1v) is 15.6. The lowest BCUT2D eigenvalue weighted by atomic mass is 9.81. The van der Waals surface area contributed by atoms with Gasteiger partial charge < -0.3 is 0 Å². The third kappa shape index (κ3) is 5.35. The van der Waals surface area contributed by atoms with Gasteiger partial charge in [0, 0.05) is 20.9 Å². The van der Waals surface area contributed by atoms with E-state index in [1.54, 1.807) is 0 Å². The smallest absolute Gasteiger partial charge is 0.0127 e. The fourth-order valence-electron chi connectivity index (χ4n) is 5.24. The molecule has 2 atom stereocenters. The fourth-order valence-corrected chi connectivity index (χ4v) is 12.3. The third-order valence-electron chi connectivity index (χ3n) is 6.87. The van der Waals surface area contributed by atoms with Crippen molar-refractivity contribution in [1.82, 2.24) is 0 Å². The van der Waals surface area contributed by atoms with Gasteiger partial charge in [-0.15, -0.1) is 0 Å². The van der Waals surface area contributed by atoms with Crippen molar-refractivity contribution in [3.8, 4) is 0 Å². The highest BCUT2D eigenvalue weighted by molar-refractivity contribution is 7.90. The maximum absolute atomic E-state index is 4.00. The minimum absolute atomic E-state index is 0.441. The van der Waals surface area contributed by atoms with Crippen LogP contribution in [0.4, 0.5) is 0 Å². The molecule has 6 aromatic carbocycles. The Bertz CT molecular complexity index is 1490. The molecule has 0 amide bonds. The van der Waals surface area contributed by atoms with Gasteiger partial charge in [0.15, 0.2) is 0 Å². The maximum Gasteiger partial charge on any atom is 0.0127 e. The van der Waals surface area contributed by atoms with Crippen LogP contribution in [-0.4, -0.2) is 20.9 Å². The van der Waals surface area contributed by atoms with Crippen LogP contribution in [0.15, 0.2) is 146 Å². The molecular weight excluding hydrogens is 492 g/mol. The van der Waals surface area contributed by atoms with Crippen LogP contribution >= 0.6 is 15.8 Å². The number of rotatable bonds is 6. The largest absolute Gasteiger partial charge is 0.0622 e. The van der Waals surface area contributed by atoms with Crippen molar-refractivity contribution < 1.29 is 0 Å². The quantitative estimate of drug-likeness (QED) is 0.162. The van der Waals surface area contributed by atoms with E-state index in [-0.39, 0.29) is 0 Å². The van der Waals surface area contributed by atoms with Crippen molar-refractivity contribution >= 4 is 74.1 Å². The first kappa shape index (κ1) is 26.4. The van der Waals surface area contributed by atoms with Crippen LogP contribution in [0.5, 0.6) is 0 Å². The monoisotopic (exact) mass is 520 g/mol. The summed E-state index contributed by atoms with van der Waals surface area (Å²) in [6.07, 6.45) is 0. The molecule has 0 bridgehead atoms. The average Bonchev–Trinajstić information content (AvgIpc) is 3.00. The SMILES string of the molecule is CC(P(c1ccccc1)c1cccc2ccccc12)P(c1ccccc1)c1cccc2ccccc12.[B][B]. The van der Waals surface area contributed by atoms with E-state index in [9.17, 15) is 0 Å². The predicted molar refractivity (Wildman–Crippen MR) is 174 cm³/mol. The Labute approximate surface area is 231 Å². The van der Waals surface area contributed by atoms with E-state index in [2.05, 4.69) is 168 Å². The highest BCUT2D eigenvalue weighted by atomic mass is 31.2. The molecule has 0 nitrogen and oxygen atoms in total. The zero-order chi connectivity index (χ0) is 26.3. The molecule has 180 valence electrons. The van der Waals surface area contributed by atoms with Gasteiger partial charge in [-0.25, -0.2) is 0 Å². The van der Waals surface area contributed by atoms with E-state index >= 15 is 0 Å². The molecule has 2 unspecified atom stereocenters. The van der Waals surface area contributed by atoms with Crippen molar-refractivity contribution in [2.45, 2.75) is 12.3 Å². The molecule has 6 aromatic rings. The van der Waals surface area contributed by atoms with Gasteiger partial charge in [0.25, 0.3) is 0 Å². The van der Waals surface area contributed by atoms with Gasteiger partial charge in [-0.05, 0) is 58.6 Å². The molecule has 0 heterocycles. The minimum Gasteiger partial charge on any atom is -0.0622 e. The second-order valence-electron chi connectivity index (χ2n) is 9.04. The topological polar surface area (TPSA) is 0 Å². The van der Waals surface area contributed by atoms with E-state index in [4.69, 9.17) is 0 Å². The lowest BCUT2D eigenvalue weighted by Gasteiger charge is -2.34. The lowest BCUT2D eigenvalue weighted by molar-refractivity contribution is 1.39. The fraction of sp³-hybridized carbons (Fsp3) is 0.0588. The summed E-state index contributed by atoms with van der Waals surface area (Å²) in [5.74, 6) is 0. The summed E-state index contributed by atoms with van der Waals surface area (Å²) >= 11 is 0. The van der Waals surface area contributed by atoms with Crippen LogP contribution in [0.25, 0.3) is 21.5 Å². The van der Waals surface area contributed by atoms with Crippen molar-refractivity contribution in [2.75, 3.05) is 0 Å². The molecule has 6 rings (SSSR count). The zero-order valence-electron chi connectivity index (χ0n) is 21.5. The second-order valence-corrected chi connectivity index (χ2v) is 14.5. The molecule has 0 aromatic heterocycles. The molecule has 4 radical (unpaired) electrons. The van der Waals surface area contributed by atoms with Crippen LogP contribution in [0.1, 0.15) is 6.92 Å². The molecule has 0 saturated carbocycles. The van der Waals surface area contributed by atoms with Crippen LogP contribution < -0.4 is 21.2 Å². The minimum atomic E-state index is -0.625. The summed E-state index contributed by atoms with van der Waals surface area (Å²) in [6.45, 7) is 2.50. The maximum atomic E-state index is 4.00. The van der Waals surface area contributed by atoms with Crippen LogP contribution in [-0.2, 0) is 0 Å². The Balaban J connectivity index is 0.00000144. The summed E-state index contributed by atoms with van der Waals surface area (Å²) in [7, 11) is 6.75. The Morgan fingerprint density at radius 2 is 0.763 bits per heavy atom. The highest BCUT2D eigenvalue weighted by Crippen LogP contribution is 2.57. The van der Waals surface area contributed by atoms with Crippen LogP contribution in [0.3, 0.4) is 0 Å². The third-order valence-corrected chi connectivity index (χ3v) is 13.3. The predicted octanol–water partition coefficient (Wildman–Crippen LogP) is 7.14. The average molecular weight is 520 g/mol. The van der Waals surface area contributed by atoms with Crippen molar-refractivity contribution in [3.63, 3.8) is 0 Å². The van der Waals surface area contributed by atoms with Crippen molar-refractivity contribution in [2.24, 2.45) is 0 Å². The first-order chi connectivity index (χ1) is 18.8. The van der Waals surface area contributed by atoms with Crippen LogP contribution in [0, 0.1) is 0 Å². The van der Waals surface area contributed by atoms with Gasteiger partial charge in [0.05, 0.1) is 0 Å². The van der Waals surface area contributed by atoms with Crippen LogP contribution in [0.2, 0.25) is 0 Å². The summed E-state index contributed by atoms with van der Waals surface area (Å²) in [5.41, 5.74) is 0. The van der Waals surface area contributed by atoms with Gasteiger partial charge in [-0.3, -0.25) is 0 Å². The molecular formula is C34H28B2P2. The molecule has 0 saturated heterocycles. The van der Waals surface area contributed by atoms with Crippen molar-refractivity contribution in [1.29, 1.82) is 0 Å². The van der Waals surface area contributed by atoms with Gasteiger partial charge in [0.1, 0.15) is 0 Å². The number of fused-ring (bicyclic) bond motifs is 2. The van der Waals surface area contributed by atoms with E-state index in [1.165, 1.54) is 42.8 Å². The molecule has 0 aliphatic rings. The van der Waals surface area contributed by atoms with Crippen molar-refractivity contribution in [3.05, 3.63) is 146 Å². The van der Waals surface area contributed by atoms with Gasteiger partial charge in [-0.2, -0.15) is 0 Å². The van der Waals surface area contributed by atoms with Gasteiger partial charge in [-0.1, -0.05) is 153 Å². The molecule has 4 heteroatoms. The lowest BCUT2D eigenvalue weighted by Crippen LogP contribution is -2.26. The van der Waals surface area contributed by atoms with Gasteiger partial charge >= 0.3 is 0 Å². The number of benzene rings is 6. The normalized spacial score (nSPS) is 13.3. The zero-order valence-corrected chi connectivity index (χ0v) is 23.3. The van der Waals surface area contributed by atoms with Gasteiger partial charge in [0.2, 0.25) is 0 Å². The summed E-state index contributed by atoms with van der Waals surface area (Å²) < 4.78 is 0. The Kier molecular flexibility index (Phi) is 8.75. The molecule has 38 heavy (non-hydrogen) atoms. The second kappa shape index (κ2) is 12.6. The number of hydrogen-bond donors (Lipinski definition) is 0. The van der Waals surface area contributed by atoms with E-state index in [0.29, 0.717) is 5.40 Å². The molecule has 0 spiro atoms. The number of hydrogen-bond acceptors (Lipinski definition) is 0. The van der Waals surface area contributed by atoms with E-state index in [1.807, 2.05) is 0 Å². The molecule has 0 N–H and O–H groups in total. The summed E-state index contributed by atoms with van der Waals surface area (Å²) in [6, 6.07) is 53.9. The Hall–Kier alpha value is -3.17.